The Bertz CT molecular complexity index is 288. The van der Waals surface area contributed by atoms with Gasteiger partial charge in [0, 0.05) is 6.54 Å². The molecule has 0 bridgehead atoms. The molecule has 6 heteroatoms. The summed E-state index contributed by atoms with van der Waals surface area (Å²) in [7, 11) is 4.04. The SMILES string of the molecule is CC(CN(C)C)n1[nH]nnc1=S. The van der Waals surface area contributed by atoms with Crippen LogP contribution < -0.4 is 0 Å². The fourth-order valence-corrected chi connectivity index (χ4v) is 1.36. The van der Waals surface area contributed by atoms with Gasteiger partial charge in [-0.1, -0.05) is 10.3 Å². The minimum atomic E-state index is 0.280. The van der Waals surface area contributed by atoms with E-state index in [1.54, 1.807) is 4.68 Å². The molecule has 0 saturated heterocycles. The van der Waals surface area contributed by atoms with Gasteiger partial charge < -0.3 is 4.90 Å². The summed E-state index contributed by atoms with van der Waals surface area (Å²) in [5.74, 6) is 0. The van der Waals surface area contributed by atoms with Crippen LogP contribution in [0.4, 0.5) is 0 Å². The van der Waals surface area contributed by atoms with Gasteiger partial charge in [-0.3, -0.25) is 0 Å². The molecule has 1 unspecified atom stereocenters. The van der Waals surface area contributed by atoms with Crippen molar-refractivity contribution in [3.8, 4) is 0 Å². The predicted molar refractivity (Wildman–Crippen MR) is 48.5 cm³/mol. The maximum absolute atomic E-state index is 4.95. The van der Waals surface area contributed by atoms with Crippen LogP contribution in [0.3, 0.4) is 0 Å². The van der Waals surface area contributed by atoms with Crippen LogP contribution in [0.25, 0.3) is 0 Å². The average molecular weight is 187 g/mol. The Labute approximate surface area is 76.4 Å². The van der Waals surface area contributed by atoms with Crippen molar-refractivity contribution in [1.82, 2.24) is 25.1 Å². The zero-order chi connectivity index (χ0) is 9.14. The summed E-state index contributed by atoms with van der Waals surface area (Å²) in [6.45, 7) is 2.98. The number of aromatic nitrogens is 4. The topological polar surface area (TPSA) is 49.7 Å². The lowest BCUT2D eigenvalue weighted by atomic mass is 10.3. The number of hydrogen-bond donors (Lipinski definition) is 1. The second kappa shape index (κ2) is 3.77. The van der Waals surface area contributed by atoms with E-state index < -0.39 is 0 Å². The third-order valence-electron chi connectivity index (χ3n) is 1.56. The van der Waals surface area contributed by atoms with Crippen molar-refractivity contribution < 1.29 is 0 Å². The molecule has 1 N–H and O–H groups in total. The van der Waals surface area contributed by atoms with Crippen LogP contribution in [-0.4, -0.2) is 45.7 Å². The third-order valence-corrected chi connectivity index (χ3v) is 1.84. The number of tetrazole rings is 1. The molecule has 0 radical (unpaired) electrons. The highest BCUT2D eigenvalue weighted by molar-refractivity contribution is 7.71. The molecule has 1 atom stereocenters. The smallest absolute Gasteiger partial charge is 0.238 e. The highest BCUT2D eigenvalue weighted by Crippen LogP contribution is 2.02. The van der Waals surface area contributed by atoms with Gasteiger partial charge in [0.2, 0.25) is 4.77 Å². The van der Waals surface area contributed by atoms with Gasteiger partial charge in [0.25, 0.3) is 0 Å². The van der Waals surface area contributed by atoms with Gasteiger partial charge in [-0.25, -0.2) is 4.68 Å². The number of H-pyrrole nitrogens is 1. The largest absolute Gasteiger partial charge is 0.307 e. The molecule has 0 fully saturated rings. The minimum absolute atomic E-state index is 0.280. The first-order chi connectivity index (χ1) is 5.61. The van der Waals surface area contributed by atoms with Crippen LogP contribution in [-0.2, 0) is 0 Å². The lowest BCUT2D eigenvalue weighted by molar-refractivity contribution is 0.317. The van der Waals surface area contributed by atoms with Crippen LogP contribution in [0.15, 0.2) is 0 Å². The Kier molecular flexibility index (Phi) is 2.93. The van der Waals surface area contributed by atoms with Crippen molar-refractivity contribution in [2.75, 3.05) is 20.6 Å². The Morgan fingerprint density at radius 3 is 2.75 bits per heavy atom. The van der Waals surface area contributed by atoms with Gasteiger partial charge in [-0.15, -0.1) is 0 Å². The molecule has 1 aromatic rings. The lowest BCUT2D eigenvalue weighted by Gasteiger charge is -2.16. The fourth-order valence-electron chi connectivity index (χ4n) is 1.10. The van der Waals surface area contributed by atoms with Gasteiger partial charge in [0.15, 0.2) is 0 Å². The summed E-state index contributed by atoms with van der Waals surface area (Å²) in [5.41, 5.74) is 0. The summed E-state index contributed by atoms with van der Waals surface area (Å²) in [4.78, 5) is 2.09. The molecule has 5 nitrogen and oxygen atoms in total. The van der Waals surface area contributed by atoms with Gasteiger partial charge in [-0.2, -0.15) is 5.21 Å². The van der Waals surface area contributed by atoms with Crippen molar-refractivity contribution in [3.63, 3.8) is 0 Å². The van der Waals surface area contributed by atoms with Gasteiger partial charge in [-0.05, 0) is 33.2 Å². The molecule has 1 aromatic heterocycles. The first-order valence-corrected chi connectivity index (χ1v) is 4.16. The number of likely N-dealkylation sites (N-methyl/N-ethyl adjacent to an activating group) is 1. The van der Waals surface area contributed by atoms with Crippen LogP contribution >= 0.6 is 12.2 Å². The van der Waals surface area contributed by atoms with Crippen molar-refractivity contribution in [2.45, 2.75) is 13.0 Å². The van der Waals surface area contributed by atoms with Crippen molar-refractivity contribution in [2.24, 2.45) is 0 Å². The third kappa shape index (κ3) is 2.12. The molecule has 12 heavy (non-hydrogen) atoms. The van der Waals surface area contributed by atoms with E-state index in [4.69, 9.17) is 12.2 Å². The van der Waals surface area contributed by atoms with E-state index >= 15 is 0 Å². The first-order valence-electron chi connectivity index (χ1n) is 3.75. The van der Waals surface area contributed by atoms with Crippen molar-refractivity contribution in [3.05, 3.63) is 4.77 Å². The zero-order valence-electron chi connectivity index (χ0n) is 7.48. The summed E-state index contributed by atoms with van der Waals surface area (Å²) in [6.07, 6.45) is 0. The monoisotopic (exact) mass is 187 g/mol. The highest BCUT2D eigenvalue weighted by Gasteiger charge is 2.07. The number of hydrogen-bond acceptors (Lipinski definition) is 4. The summed E-state index contributed by atoms with van der Waals surface area (Å²) >= 11 is 4.95. The zero-order valence-corrected chi connectivity index (χ0v) is 8.30. The van der Waals surface area contributed by atoms with Gasteiger partial charge in [0.1, 0.15) is 0 Å². The van der Waals surface area contributed by atoms with E-state index in [0.29, 0.717) is 4.77 Å². The number of aromatic amines is 1. The molecule has 0 aliphatic rings. The lowest BCUT2D eigenvalue weighted by Crippen LogP contribution is -2.23. The normalized spacial score (nSPS) is 13.7. The Balaban J connectivity index is 2.71. The first kappa shape index (κ1) is 9.34. The molecular weight excluding hydrogens is 174 g/mol. The molecule has 0 spiro atoms. The number of rotatable bonds is 3. The molecule has 0 amide bonds. The van der Waals surface area contributed by atoms with Gasteiger partial charge in [0.05, 0.1) is 6.04 Å². The molecule has 1 rings (SSSR count). The van der Waals surface area contributed by atoms with Crippen LogP contribution in [0.2, 0.25) is 0 Å². The molecule has 68 valence electrons. The summed E-state index contributed by atoms with van der Waals surface area (Å²) < 4.78 is 2.28. The number of nitrogens with one attached hydrogen (secondary N) is 1. The van der Waals surface area contributed by atoms with E-state index in [9.17, 15) is 0 Å². The molecule has 0 aromatic carbocycles. The Hall–Kier alpha value is -0.750. The predicted octanol–water partition coefficient (Wildman–Crippen LogP) is 0.458. The molecule has 0 aliphatic carbocycles. The van der Waals surface area contributed by atoms with Crippen LogP contribution in [0.5, 0.6) is 0 Å². The second-order valence-corrected chi connectivity index (χ2v) is 3.43. The van der Waals surface area contributed by atoms with Crippen molar-refractivity contribution >= 4 is 12.2 Å². The maximum atomic E-state index is 4.95. The quantitative estimate of drug-likeness (QED) is 0.698. The van der Waals surface area contributed by atoms with Crippen LogP contribution in [0.1, 0.15) is 13.0 Å². The molecule has 1 heterocycles. The van der Waals surface area contributed by atoms with Gasteiger partial charge >= 0.3 is 0 Å². The fraction of sp³-hybridized carbons (Fsp3) is 0.833. The maximum Gasteiger partial charge on any atom is 0.238 e. The van der Waals surface area contributed by atoms with Crippen molar-refractivity contribution in [1.29, 1.82) is 0 Å². The average Bonchev–Trinajstić information content (AvgIpc) is 2.33. The van der Waals surface area contributed by atoms with Crippen LogP contribution in [0, 0.1) is 4.77 Å². The Morgan fingerprint density at radius 2 is 2.33 bits per heavy atom. The second-order valence-electron chi connectivity index (χ2n) is 3.06. The number of nitrogens with zero attached hydrogens (tertiary/aromatic N) is 4. The molecule has 0 aliphatic heterocycles. The van der Waals surface area contributed by atoms with E-state index in [0.717, 1.165) is 6.54 Å². The molecule has 0 saturated carbocycles. The Morgan fingerprint density at radius 1 is 1.67 bits per heavy atom. The highest BCUT2D eigenvalue weighted by atomic mass is 32.1. The standard InChI is InChI=1S/C6H13N5S/c1-5(4-10(2)3)11-6(12)7-8-9-11/h5H,4H2,1-3H3,(H,7,9,12). The minimum Gasteiger partial charge on any atom is -0.307 e. The van der Waals surface area contributed by atoms with E-state index in [1.807, 2.05) is 14.1 Å². The van der Waals surface area contributed by atoms with E-state index in [2.05, 4.69) is 27.3 Å². The van der Waals surface area contributed by atoms with E-state index in [1.165, 1.54) is 0 Å². The van der Waals surface area contributed by atoms with E-state index in [-0.39, 0.29) is 6.04 Å². The summed E-state index contributed by atoms with van der Waals surface area (Å²) in [6, 6.07) is 0.280. The molecular formula is C6H13N5S. The summed E-state index contributed by atoms with van der Waals surface area (Å²) in [5, 5.41) is 10.0.